The monoisotopic (exact) mass is 357 g/mol. The highest BCUT2D eigenvalue weighted by atomic mass is 79.9. The van der Waals surface area contributed by atoms with E-state index in [0.717, 1.165) is 18.5 Å². The quantitative estimate of drug-likeness (QED) is 0.556. The molecule has 0 unspecified atom stereocenters. The zero-order valence-corrected chi connectivity index (χ0v) is 15.1. The van der Waals surface area contributed by atoms with Crippen LogP contribution in [0.25, 0.3) is 0 Å². The van der Waals surface area contributed by atoms with Crippen LogP contribution in [0.15, 0.2) is 48.8 Å². The Morgan fingerprint density at radius 3 is 2.55 bits per heavy atom. The molecule has 0 saturated heterocycles. The Morgan fingerprint density at radius 2 is 1.86 bits per heavy atom. The number of benzene rings is 1. The minimum Gasteiger partial charge on any atom is -1.00 e. The molecule has 0 bridgehead atoms. The van der Waals surface area contributed by atoms with Gasteiger partial charge in [-0.1, -0.05) is 37.3 Å². The fraction of sp³-hybridized carbons (Fsp3) is 0.350. The molecular weight excluding hydrogens is 334 g/mol. The Balaban J connectivity index is 0.00000242. The lowest BCUT2D eigenvalue weighted by molar-refractivity contribution is -0.696. The van der Waals surface area contributed by atoms with E-state index in [2.05, 4.69) is 79.0 Å². The third kappa shape index (κ3) is 6.45. The van der Waals surface area contributed by atoms with Crippen molar-refractivity contribution in [2.45, 2.75) is 46.1 Å². The van der Waals surface area contributed by atoms with E-state index in [-0.39, 0.29) is 17.0 Å². The zero-order chi connectivity index (χ0) is 14.9. The van der Waals surface area contributed by atoms with Crippen LogP contribution in [0.2, 0.25) is 0 Å². The molecule has 22 heavy (non-hydrogen) atoms. The van der Waals surface area contributed by atoms with Crippen LogP contribution in [0.4, 0.5) is 0 Å². The van der Waals surface area contributed by atoms with Crippen LogP contribution in [0.3, 0.4) is 0 Å². The van der Waals surface area contributed by atoms with Gasteiger partial charge in [-0.2, -0.15) is 0 Å². The third-order valence-corrected chi connectivity index (χ3v) is 3.51. The second-order valence-corrected chi connectivity index (χ2v) is 5.47. The highest BCUT2D eigenvalue weighted by Crippen LogP contribution is 2.07. The molecule has 2 heteroatoms. The molecule has 0 fully saturated rings. The zero-order valence-electron chi connectivity index (χ0n) is 13.5. The van der Waals surface area contributed by atoms with Crippen molar-refractivity contribution in [3.05, 3.63) is 65.5 Å². The second-order valence-electron chi connectivity index (χ2n) is 5.47. The number of hydrogen-bond acceptors (Lipinski definition) is 0. The maximum Gasteiger partial charge on any atom is 0.171 e. The fourth-order valence-electron chi connectivity index (χ4n) is 2.28. The average molecular weight is 358 g/mol. The van der Waals surface area contributed by atoms with E-state index in [1.165, 1.54) is 30.4 Å². The summed E-state index contributed by atoms with van der Waals surface area (Å²) < 4.78 is 2.19. The Kier molecular flexibility index (Phi) is 8.55. The molecular formula is C20H24BrN. The van der Waals surface area contributed by atoms with E-state index < -0.39 is 0 Å². The van der Waals surface area contributed by atoms with Crippen LogP contribution in [0, 0.1) is 18.8 Å². The number of halogens is 1. The van der Waals surface area contributed by atoms with Crippen LogP contribution in [-0.2, 0) is 13.0 Å². The summed E-state index contributed by atoms with van der Waals surface area (Å²) in [5, 5.41) is 0. The molecule has 0 spiro atoms. The Labute approximate surface area is 145 Å². The van der Waals surface area contributed by atoms with Crippen molar-refractivity contribution in [1.82, 2.24) is 0 Å². The molecule has 1 aromatic carbocycles. The van der Waals surface area contributed by atoms with Crippen molar-refractivity contribution in [3.63, 3.8) is 0 Å². The van der Waals surface area contributed by atoms with Gasteiger partial charge in [0.05, 0.1) is 6.42 Å². The van der Waals surface area contributed by atoms with Gasteiger partial charge in [-0.15, -0.1) is 0 Å². The lowest BCUT2D eigenvalue weighted by Gasteiger charge is -1.99. The lowest BCUT2D eigenvalue weighted by atomic mass is 10.1. The van der Waals surface area contributed by atoms with Crippen molar-refractivity contribution < 1.29 is 21.5 Å². The third-order valence-electron chi connectivity index (χ3n) is 3.51. The first-order chi connectivity index (χ1) is 10.3. The maximum absolute atomic E-state index is 3.26. The first-order valence-corrected chi connectivity index (χ1v) is 7.81. The Morgan fingerprint density at radius 1 is 1.09 bits per heavy atom. The topological polar surface area (TPSA) is 3.88 Å². The molecule has 1 heterocycles. The van der Waals surface area contributed by atoms with Gasteiger partial charge in [-0.25, -0.2) is 4.57 Å². The lowest BCUT2D eigenvalue weighted by Crippen LogP contribution is -3.00. The Bertz CT molecular complexity index is 620. The number of hydrogen-bond donors (Lipinski definition) is 0. The molecule has 0 aliphatic carbocycles. The summed E-state index contributed by atoms with van der Waals surface area (Å²) in [6.07, 6.45) is 8.82. The minimum absolute atomic E-state index is 0. The van der Waals surface area contributed by atoms with Crippen LogP contribution in [-0.4, -0.2) is 0 Å². The molecule has 2 rings (SSSR count). The summed E-state index contributed by atoms with van der Waals surface area (Å²) in [7, 11) is 0. The first-order valence-electron chi connectivity index (χ1n) is 7.81. The first kappa shape index (κ1) is 18.5. The molecule has 0 N–H and O–H groups in total. The molecule has 0 aliphatic rings. The van der Waals surface area contributed by atoms with Crippen LogP contribution in [0.1, 0.15) is 42.9 Å². The SMILES string of the molecule is CCCCc1ccc(C#CCC[n+]2cccc(C)c2)cc1.[Br-]. The number of aromatic nitrogens is 1. The summed E-state index contributed by atoms with van der Waals surface area (Å²) >= 11 is 0. The number of aryl methyl sites for hydroxylation is 3. The van der Waals surface area contributed by atoms with E-state index >= 15 is 0 Å². The van der Waals surface area contributed by atoms with Crippen molar-refractivity contribution >= 4 is 0 Å². The van der Waals surface area contributed by atoms with E-state index in [4.69, 9.17) is 0 Å². The number of pyridine rings is 1. The smallest absolute Gasteiger partial charge is 0.171 e. The van der Waals surface area contributed by atoms with Gasteiger partial charge < -0.3 is 17.0 Å². The van der Waals surface area contributed by atoms with Gasteiger partial charge in [0.15, 0.2) is 18.9 Å². The number of rotatable bonds is 5. The Hall–Kier alpha value is -1.59. The van der Waals surface area contributed by atoms with Crippen molar-refractivity contribution in [3.8, 4) is 11.8 Å². The molecule has 0 radical (unpaired) electrons. The normalized spacial score (nSPS) is 9.55. The molecule has 0 aliphatic heterocycles. The highest BCUT2D eigenvalue weighted by molar-refractivity contribution is 5.36. The van der Waals surface area contributed by atoms with Gasteiger partial charge in [0, 0.05) is 17.2 Å². The van der Waals surface area contributed by atoms with Gasteiger partial charge in [0.2, 0.25) is 0 Å². The van der Waals surface area contributed by atoms with Gasteiger partial charge in [0.1, 0.15) is 0 Å². The predicted molar refractivity (Wildman–Crippen MR) is 87.9 cm³/mol. The summed E-state index contributed by atoms with van der Waals surface area (Å²) in [5.41, 5.74) is 3.82. The summed E-state index contributed by atoms with van der Waals surface area (Å²) in [4.78, 5) is 0. The van der Waals surface area contributed by atoms with Crippen LogP contribution >= 0.6 is 0 Å². The molecule has 116 valence electrons. The van der Waals surface area contributed by atoms with Gasteiger partial charge in [-0.05, 0) is 43.5 Å². The van der Waals surface area contributed by atoms with Crippen LogP contribution in [0.5, 0.6) is 0 Å². The summed E-state index contributed by atoms with van der Waals surface area (Å²) in [6, 6.07) is 12.9. The molecule has 0 amide bonds. The van der Waals surface area contributed by atoms with E-state index in [1.807, 2.05) is 0 Å². The molecule has 1 aromatic heterocycles. The van der Waals surface area contributed by atoms with Crippen molar-refractivity contribution in [2.24, 2.45) is 0 Å². The van der Waals surface area contributed by atoms with Gasteiger partial charge >= 0.3 is 0 Å². The maximum atomic E-state index is 3.26. The van der Waals surface area contributed by atoms with E-state index in [9.17, 15) is 0 Å². The molecule has 0 atom stereocenters. The van der Waals surface area contributed by atoms with Gasteiger partial charge in [-0.3, -0.25) is 0 Å². The van der Waals surface area contributed by atoms with Crippen LogP contribution < -0.4 is 21.5 Å². The van der Waals surface area contributed by atoms with Crippen molar-refractivity contribution in [1.29, 1.82) is 0 Å². The van der Waals surface area contributed by atoms with E-state index in [0.29, 0.717) is 0 Å². The van der Waals surface area contributed by atoms with Crippen molar-refractivity contribution in [2.75, 3.05) is 0 Å². The summed E-state index contributed by atoms with van der Waals surface area (Å²) in [5.74, 6) is 6.51. The molecule has 0 saturated carbocycles. The molecule has 2 aromatic rings. The van der Waals surface area contributed by atoms with E-state index in [1.54, 1.807) is 0 Å². The largest absolute Gasteiger partial charge is 1.00 e. The minimum atomic E-state index is 0. The van der Waals surface area contributed by atoms with Gasteiger partial charge in [0.25, 0.3) is 0 Å². The molecule has 1 nitrogen and oxygen atoms in total. The standard InChI is InChI=1S/C20H24N.BrH/c1-3-4-9-19-11-13-20(14-12-19)10-5-6-15-21-16-7-8-18(2)17-21;/h7-8,11-14,16-17H,3-4,6,9,15H2,1-2H3;1H/q+1;/p-1. The predicted octanol–water partition coefficient (Wildman–Crippen LogP) is 1.07. The number of nitrogens with zero attached hydrogens (tertiary/aromatic N) is 1. The second kappa shape index (κ2) is 10.2. The summed E-state index contributed by atoms with van der Waals surface area (Å²) in [6.45, 7) is 5.29. The highest BCUT2D eigenvalue weighted by Gasteiger charge is 1.97. The number of unbranched alkanes of at least 4 members (excludes halogenated alkanes) is 1. The average Bonchev–Trinajstić information content (AvgIpc) is 2.51. The fourth-order valence-corrected chi connectivity index (χ4v) is 2.28.